The molecule has 0 aliphatic heterocycles. The summed E-state index contributed by atoms with van der Waals surface area (Å²) in [4.78, 5) is 28.4. The lowest BCUT2D eigenvalue weighted by atomic mass is 10.3. The molecule has 0 saturated heterocycles. The highest BCUT2D eigenvalue weighted by Gasteiger charge is 2.21. The largest absolute Gasteiger partial charge is 0.480 e. The lowest BCUT2D eigenvalue weighted by Crippen LogP contribution is -2.21. The number of carbonyl (C=O) groups excluding carboxylic acids is 2. The Hall–Kier alpha value is -3.20. The SMILES string of the molecule is CCOC(=O)c1nn(-c2ccccc2)cc1OCC(=O)Nc1ccc(Br)cn1. The van der Waals surface area contributed by atoms with Crippen molar-refractivity contribution in [3.05, 3.63) is 65.0 Å². The van der Waals surface area contributed by atoms with E-state index in [0.717, 1.165) is 10.2 Å². The minimum Gasteiger partial charge on any atom is -0.480 e. The Morgan fingerprint density at radius 3 is 2.64 bits per heavy atom. The number of esters is 1. The van der Waals surface area contributed by atoms with Crippen LogP contribution in [0.3, 0.4) is 0 Å². The number of rotatable bonds is 7. The van der Waals surface area contributed by atoms with Crippen LogP contribution in [0.5, 0.6) is 5.75 Å². The molecule has 28 heavy (non-hydrogen) atoms. The third kappa shape index (κ3) is 4.95. The van der Waals surface area contributed by atoms with E-state index in [1.165, 1.54) is 10.9 Å². The van der Waals surface area contributed by atoms with E-state index in [1.54, 1.807) is 25.3 Å². The number of para-hydroxylation sites is 1. The predicted molar refractivity (Wildman–Crippen MR) is 106 cm³/mol. The van der Waals surface area contributed by atoms with Crippen molar-refractivity contribution in [2.24, 2.45) is 0 Å². The lowest BCUT2D eigenvalue weighted by molar-refractivity contribution is -0.118. The van der Waals surface area contributed by atoms with E-state index < -0.39 is 11.9 Å². The number of halogens is 1. The van der Waals surface area contributed by atoms with Gasteiger partial charge in [0.15, 0.2) is 12.4 Å². The van der Waals surface area contributed by atoms with Crippen molar-refractivity contribution < 1.29 is 19.1 Å². The van der Waals surface area contributed by atoms with E-state index >= 15 is 0 Å². The van der Waals surface area contributed by atoms with Crippen molar-refractivity contribution >= 4 is 33.6 Å². The van der Waals surface area contributed by atoms with Gasteiger partial charge in [-0.1, -0.05) is 18.2 Å². The first-order valence-electron chi connectivity index (χ1n) is 8.43. The van der Waals surface area contributed by atoms with Gasteiger partial charge < -0.3 is 14.8 Å². The molecule has 0 aliphatic carbocycles. The van der Waals surface area contributed by atoms with Crippen LogP contribution >= 0.6 is 15.9 Å². The average molecular weight is 445 g/mol. The van der Waals surface area contributed by atoms with Gasteiger partial charge >= 0.3 is 5.97 Å². The number of ether oxygens (including phenoxy) is 2. The van der Waals surface area contributed by atoms with E-state index in [0.29, 0.717) is 5.82 Å². The van der Waals surface area contributed by atoms with Gasteiger partial charge in [0.1, 0.15) is 5.82 Å². The Morgan fingerprint density at radius 2 is 1.96 bits per heavy atom. The fraction of sp³-hybridized carbons (Fsp3) is 0.158. The zero-order chi connectivity index (χ0) is 19.9. The number of amides is 1. The maximum Gasteiger partial charge on any atom is 0.362 e. The molecule has 1 amide bonds. The molecule has 8 nitrogen and oxygen atoms in total. The van der Waals surface area contributed by atoms with Gasteiger partial charge in [-0.25, -0.2) is 14.5 Å². The quantitative estimate of drug-likeness (QED) is 0.562. The van der Waals surface area contributed by atoms with E-state index in [4.69, 9.17) is 9.47 Å². The molecule has 1 N–H and O–H groups in total. The number of anilines is 1. The summed E-state index contributed by atoms with van der Waals surface area (Å²) < 4.78 is 12.8. The number of pyridine rings is 1. The van der Waals surface area contributed by atoms with E-state index in [1.807, 2.05) is 30.3 Å². The fourth-order valence-corrected chi connectivity index (χ4v) is 2.52. The number of aromatic nitrogens is 3. The van der Waals surface area contributed by atoms with Crippen LogP contribution in [0.15, 0.2) is 59.3 Å². The highest BCUT2D eigenvalue weighted by atomic mass is 79.9. The van der Waals surface area contributed by atoms with Gasteiger partial charge in [-0.15, -0.1) is 0 Å². The van der Waals surface area contributed by atoms with Gasteiger partial charge in [0.2, 0.25) is 5.69 Å². The summed E-state index contributed by atoms with van der Waals surface area (Å²) in [5, 5.41) is 6.85. The van der Waals surface area contributed by atoms with Crippen LogP contribution in [-0.2, 0) is 9.53 Å². The molecule has 0 saturated carbocycles. The second kappa shape index (κ2) is 9.14. The third-order valence-corrected chi connectivity index (χ3v) is 3.99. The van der Waals surface area contributed by atoms with Crippen molar-refractivity contribution in [3.63, 3.8) is 0 Å². The Bertz CT molecular complexity index is 958. The monoisotopic (exact) mass is 444 g/mol. The zero-order valence-electron chi connectivity index (χ0n) is 15.0. The van der Waals surface area contributed by atoms with Crippen molar-refractivity contribution in [3.8, 4) is 11.4 Å². The topological polar surface area (TPSA) is 95.3 Å². The summed E-state index contributed by atoms with van der Waals surface area (Å²) in [6.07, 6.45) is 3.10. The lowest BCUT2D eigenvalue weighted by Gasteiger charge is -2.06. The molecular weight excluding hydrogens is 428 g/mol. The molecule has 3 aromatic rings. The fourth-order valence-electron chi connectivity index (χ4n) is 2.29. The number of benzene rings is 1. The highest BCUT2D eigenvalue weighted by molar-refractivity contribution is 9.10. The van der Waals surface area contributed by atoms with Gasteiger partial charge in [0.25, 0.3) is 5.91 Å². The summed E-state index contributed by atoms with van der Waals surface area (Å²) in [7, 11) is 0. The molecule has 0 atom stereocenters. The summed E-state index contributed by atoms with van der Waals surface area (Å²) in [6, 6.07) is 12.6. The molecule has 0 fully saturated rings. The molecule has 144 valence electrons. The first kappa shape index (κ1) is 19.6. The smallest absolute Gasteiger partial charge is 0.362 e. The first-order chi connectivity index (χ1) is 13.6. The summed E-state index contributed by atoms with van der Waals surface area (Å²) in [6.45, 7) is 1.59. The van der Waals surface area contributed by atoms with Gasteiger partial charge in [0.05, 0.1) is 18.5 Å². The van der Waals surface area contributed by atoms with Gasteiger partial charge in [-0.05, 0) is 47.1 Å². The second-order valence-electron chi connectivity index (χ2n) is 5.54. The third-order valence-electron chi connectivity index (χ3n) is 3.52. The first-order valence-corrected chi connectivity index (χ1v) is 9.22. The summed E-state index contributed by atoms with van der Waals surface area (Å²) in [5.74, 6) is -0.497. The number of nitrogens with one attached hydrogen (secondary N) is 1. The molecule has 0 radical (unpaired) electrons. The van der Waals surface area contributed by atoms with E-state index in [-0.39, 0.29) is 24.7 Å². The standard InChI is InChI=1S/C19H17BrN4O4/c1-2-27-19(26)18-15(11-24(23-18)14-6-4-3-5-7-14)28-12-17(25)22-16-9-8-13(20)10-21-16/h3-11H,2,12H2,1H3,(H,21,22,25). The molecule has 9 heteroatoms. The molecule has 0 aliphatic rings. The van der Waals surface area contributed by atoms with Crippen LogP contribution in [0.25, 0.3) is 5.69 Å². The van der Waals surface area contributed by atoms with E-state index in [9.17, 15) is 9.59 Å². The maximum absolute atomic E-state index is 12.2. The summed E-state index contributed by atoms with van der Waals surface area (Å²) >= 11 is 3.28. The number of nitrogens with zero attached hydrogens (tertiary/aromatic N) is 3. The van der Waals surface area contributed by atoms with Crippen LogP contribution < -0.4 is 10.1 Å². The Kier molecular flexibility index (Phi) is 6.38. The maximum atomic E-state index is 12.2. The minimum atomic E-state index is -0.623. The Labute approximate surface area is 169 Å². The Balaban J connectivity index is 1.74. The number of hydrogen-bond donors (Lipinski definition) is 1. The van der Waals surface area contributed by atoms with Crippen LogP contribution in [0, 0.1) is 0 Å². The van der Waals surface area contributed by atoms with E-state index in [2.05, 4.69) is 31.3 Å². The number of carbonyl (C=O) groups is 2. The van der Waals surface area contributed by atoms with Gasteiger partial charge in [-0.3, -0.25) is 4.79 Å². The predicted octanol–water partition coefficient (Wildman–Crippen LogP) is 3.22. The average Bonchev–Trinajstić information content (AvgIpc) is 3.13. The van der Waals surface area contributed by atoms with Crippen molar-refractivity contribution in [2.75, 3.05) is 18.5 Å². The molecule has 2 heterocycles. The summed E-state index contributed by atoms with van der Waals surface area (Å²) in [5.41, 5.74) is 0.742. The number of hydrogen-bond acceptors (Lipinski definition) is 6. The molecule has 1 aromatic carbocycles. The van der Waals surface area contributed by atoms with Gasteiger partial charge in [0, 0.05) is 10.7 Å². The Morgan fingerprint density at radius 1 is 1.18 bits per heavy atom. The second-order valence-corrected chi connectivity index (χ2v) is 6.46. The van der Waals surface area contributed by atoms with Crippen LogP contribution in [0.4, 0.5) is 5.82 Å². The van der Waals surface area contributed by atoms with Crippen molar-refractivity contribution in [1.29, 1.82) is 0 Å². The molecule has 2 aromatic heterocycles. The molecule has 0 bridgehead atoms. The molecule has 0 unspecified atom stereocenters. The van der Waals surface area contributed by atoms with Gasteiger partial charge in [-0.2, -0.15) is 5.10 Å². The molecule has 3 rings (SSSR count). The molecule has 0 spiro atoms. The zero-order valence-corrected chi connectivity index (χ0v) is 16.5. The van der Waals surface area contributed by atoms with Crippen LogP contribution in [0.2, 0.25) is 0 Å². The molecular formula is C19H17BrN4O4. The van der Waals surface area contributed by atoms with Crippen LogP contribution in [0.1, 0.15) is 17.4 Å². The highest BCUT2D eigenvalue weighted by Crippen LogP contribution is 2.21. The van der Waals surface area contributed by atoms with Crippen LogP contribution in [-0.4, -0.2) is 39.9 Å². The minimum absolute atomic E-state index is 0.000250. The normalized spacial score (nSPS) is 10.4. The van der Waals surface area contributed by atoms with Crippen molar-refractivity contribution in [2.45, 2.75) is 6.92 Å². The van der Waals surface area contributed by atoms with Crippen molar-refractivity contribution in [1.82, 2.24) is 14.8 Å².